The summed E-state index contributed by atoms with van der Waals surface area (Å²) in [6, 6.07) is 11.7. The van der Waals surface area contributed by atoms with E-state index < -0.39 is 0 Å². The summed E-state index contributed by atoms with van der Waals surface area (Å²) in [7, 11) is 0. The largest absolute Gasteiger partial charge is 0.322 e. The molecule has 1 aliphatic heterocycles. The van der Waals surface area contributed by atoms with Crippen molar-refractivity contribution < 1.29 is 4.79 Å². The Kier molecular flexibility index (Phi) is 3.74. The van der Waals surface area contributed by atoms with Crippen molar-refractivity contribution in [3.63, 3.8) is 0 Å². The summed E-state index contributed by atoms with van der Waals surface area (Å²) in [4.78, 5) is 18.9. The Bertz CT molecular complexity index is 615. The van der Waals surface area contributed by atoms with Crippen LogP contribution in [-0.4, -0.2) is 28.1 Å². The van der Waals surface area contributed by atoms with Crippen LogP contribution < -0.4 is 0 Å². The van der Waals surface area contributed by atoms with Gasteiger partial charge in [0.2, 0.25) is 0 Å². The molecule has 0 saturated carbocycles. The number of amides is 1. The van der Waals surface area contributed by atoms with Gasteiger partial charge in [0.05, 0.1) is 0 Å². The number of aryl methyl sites for hydroxylation is 1. The van der Waals surface area contributed by atoms with E-state index in [1.54, 1.807) is 18.0 Å². The third-order valence-electron chi connectivity index (χ3n) is 3.50. The molecule has 1 aromatic heterocycles. The van der Waals surface area contributed by atoms with E-state index in [4.69, 9.17) is 0 Å². The fourth-order valence-electron chi connectivity index (χ4n) is 2.44. The molecule has 3 nitrogen and oxygen atoms in total. The van der Waals surface area contributed by atoms with E-state index >= 15 is 0 Å². The lowest BCUT2D eigenvalue weighted by atomic mass is 10.1. The Morgan fingerprint density at radius 1 is 1.30 bits per heavy atom. The van der Waals surface area contributed by atoms with Gasteiger partial charge in [0.25, 0.3) is 5.91 Å². The van der Waals surface area contributed by atoms with Gasteiger partial charge in [0.15, 0.2) is 0 Å². The zero-order chi connectivity index (χ0) is 13.9. The number of pyridine rings is 1. The molecule has 1 atom stereocenters. The lowest BCUT2D eigenvalue weighted by Crippen LogP contribution is -2.30. The van der Waals surface area contributed by atoms with E-state index in [9.17, 15) is 4.79 Å². The van der Waals surface area contributed by atoms with Crippen molar-refractivity contribution in [2.24, 2.45) is 0 Å². The Morgan fingerprint density at radius 3 is 2.90 bits per heavy atom. The van der Waals surface area contributed by atoms with Gasteiger partial charge < -0.3 is 4.90 Å². The molecule has 2 aromatic rings. The zero-order valence-corrected chi connectivity index (χ0v) is 12.1. The Balaban J connectivity index is 1.90. The molecular weight excluding hydrogens is 268 g/mol. The van der Waals surface area contributed by atoms with E-state index in [1.807, 2.05) is 54.4 Å². The van der Waals surface area contributed by atoms with E-state index in [-0.39, 0.29) is 11.3 Å². The maximum absolute atomic E-state index is 12.7. The lowest BCUT2D eigenvalue weighted by Gasteiger charge is -2.24. The van der Waals surface area contributed by atoms with Crippen LogP contribution in [0.3, 0.4) is 0 Å². The highest BCUT2D eigenvalue weighted by Gasteiger charge is 2.31. The topological polar surface area (TPSA) is 33.2 Å². The van der Waals surface area contributed by atoms with Crippen molar-refractivity contribution in [2.75, 3.05) is 12.3 Å². The molecular formula is C16H16N2OS. The van der Waals surface area contributed by atoms with Crippen LogP contribution in [0.5, 0.6) is 0 Å². The minimum atomic E-state index is 0.0795. The highest BCUT2D eigenvalue weighted by molar-refractivity contribution is 7.99. The van der Waals surface area contributed by atoms with Crippen molar-refractivity contribution in [1.29, 1.82) is 0 Å². The van der Waals surface area contributed by atoms with Crippen LogP contribution in [0.15, 0.2) is 48.8 Å². The molecule has 0 N–H and O–H groups in total. The van der Waals surface area contributed by atoms with Crippen LogP contribution in [0.2, 0.25) is 0 Å². The second kappa shape index (κ2) is 5.67. The summed E-state index contributed by atoms with van der Waals surface area (Å²) in [6.07, 6.45) is 3.61. The van der Waals surface area contributed by atoms with Crippen LogP contribution in [0.4, 0.5) is 0 Å². The molecule has 1 saturated heterocycles. The summed E-state index contributed by atoms with van der Waals surface area (Å²) in [5, 5.41) is 0.0795. The van der Waals surface area contributed by atoms with E-state index in [0.29, 0.717) is 0 Å². The molecule has 102 valence electrons. The normalized spacial score (nSPS) is 18.2. The monoisotopic (exact) mass is 284 g/mol. The Labute approximate surface area is 123 Å². The number of carbonyl (C=O) groups is 1. The average molecular weight is 284 g/mol. The second-order valence-corrected chi connectivity index (χ2v) is 6.01. The maximum atomic E-state index is 12.7. The third-order valence-corrected chi connectivity index (χ3v) is 4.76. The van der Waals surface area contributed by atoms with Crippen LogP contribution in [0.25, 0.3) is 0 Å². The standard InChI is InChI=1S/C16H16N2OS/c1-12-5-2-3-7-14(12)15(19)18-9-10-20-16(18)13-6-4-8-17-11-13/h2-8,11,16H,9-10H2,1H3. The van der Waals surface area contributed by atoms with Crippen molar-refractivity contribution in [2.45, 2.75) is 12.3 Å². The highest BCUT2D eigenvalue weighted by atomic mass is 32.2. The van der Waals surface area contributed by atoms with Gasteiger partial charge in [-0.2, -0.15) is 0 Å². The second-order valence-electron chi connectivity index (χ2n) is 4.82. The molecule has 0 radical (unpaired) electrons. The van der Waals surface area contributed by atoms with Gasteiger partial charge in [-0.15, -0.1) is 11.8 Å². The number of nitrogens with zero attached hydrogens (tertiary/aromatic N) is 2. The third kappa shape index (κ3) is 2.43. The van der Waals surface area contributed by atoms with Crippen molar-refractivity contribution in [1.82, 2.24) is 9.88 Å². The van der Waals surface area contributed by atoms with Gasteiger partial charge in [-0.25, -0.2) is 0 Å². The maximum Gasteiger partial charge on any atom is 0.255 e. The number of benzene rings is 1. The van der Waals surface area contributed by atoms with Gasteiger partial charge >= 0.3 is 0 Å². The van der Waals surface area contributed by atoms with Gasteiger partial charge in [-0.1, -0.05) is 24.3 Å². The van der Waals surface area contributed by atoms with Crippen LogP contribution in [-0.2, 0) is 0 Å². The minimum Gasteiger partial charge on any atom is -0.322 e. The molecule has 3 rings (SSSR count). The molecule has 1 amide bonds. The SMILES string of the molecule is Cc1ccccc1C(=O)N1CCSC1c1cccnc1. The van der Waals surface area contributed by atoms with E-state index in [0.717, 1.165) is 29.0 Å². The van der Waals surface area contributed by atoms with Gasteiger partial charge in [0, 0.05) is 35.8 Å². The van der Waals surface area contributed by atoms with Crippen molar-refractivity contribution in [3.05, 3.63) is 65.5 Å². The first-order chi connectivity index (χ1) is 9.77. The molecule has 0 bridgehead atoms. The fourth-order valence-corrected chi connectivity index (χ4v) is 3.68. The molecule has 4 heteroatoms. The summed E-state index contributed by atoms with van der Waals surface area (Å²) in [5.41, 5.74) is 2.92. The molecule has 1 aromatic carbocycles. The predicted octanol–water partition coefficient (Wildman–Crippen LogP) is 3.28. The lowest BCUT2D eigenvalue weighted by molar-refractivity contribution is 0.0759. The molecule has 1 fully saturated rings. The summed E-state index contributed by atoms with van der Waals surface area (Å²) in [5.74, 6) is 1.08. The highest BCUT2D eigenvalue weighted by Crippen LogP contribution is 2.38. The zero-order valence-electron chi connectivity index (χ0n) is 11.3. The average Bonchev–Trinajstić information content (AvgIpc) is 2.97. The van der Waals surface area contributed by atoms with Gasteiger partial charge in [0.1, 0.15) is 5.37 Å². The number of hydrogen-bond acceptors (Lipinski definition) is 3. The summed E-state index contributed by atoms with van der Waals surface area (Å²) >= 11 is 1.80. The molecule has 0 spiro atoms. The summed E-state index contributed by atoms with van der Waals surface area (Å²) < 4.78 is 0. The first kappa shape index (κ1) is 13.2. The van der Waals surface area contributed by atoms with E-state index in [1.165, 1.54) is 0 Å². The minimum absolute atomic E-state index is 0.0795. The number of thioether (sulfide) groups is 1. The van der Waals surface area contributed by atoms with Crippen molar-refractivity contribution in [3.8, 4) is 0 Å². The van der Waals surface area contributed by atoms with E-state index in [2.05, 4.69) is 4.98 Å². The van der Waals surface area contributed by atoms with Crippen LogP contribution in [0, 0.1) is 6.92 Å². The Morgan fingerprint density at radius 2 is 2.15 bits per heavy atom. The molecule has 2 heterocycles. The number of carbonyl (C=O) groups excluding carboxylic acids is 1. The summed E-state index contributed by atoms with van der Waals surface area (Å²) in [6.45, 7) is 2.77. The molecule has 1 unspecified atom stereocenters. The Hall–Kier alpha value is -1.81. The fraction of sp³-hybridized carbons (Fsp3) is 0.250. The van der Waals surface area contributed by atoms with Gasteiger partial charge in [-0.3, -0.25) is 9.78 Å². The number of aromatic nitrogens is 1. The predicted molar refractivity (Wildman–Crippen MR) is 81.7 cm³/mol. The quantitative estimate of drug-likeness (QED) is 0.848. The van der Waals surface area contributed by atoms with Gasteiger partial charge in [-0.05, 0) is 24.6 Å². The smallest absolute Gasteiger partial charge is 0.255 e. The first-order valence-electron chi connectivity index (χ1n) is 6.65. The first-order valence-corrected chi connectivity index (χ1v) is 7.70. The van der Waals surface area contributed by atoms with Crippen molar-refractivity contribution >= 4 is 17.7 Å². The number of hydrogen-bond donors (Lipinski definition) is 0. The van der Waals surface area contributed by atoms with Crippen LogP contribution in [0.1, 0.15) is 26.9 Å². The number of rotatable bonds is 2. The molecule has 1 aliphatic rings. The van der Waals surface area contributed by atoms with Crippen LogP contribution >= 0.6 is 11.8 Å². The molecule has 0 aliphatic carbocycles. The molecule has 20 heavy (non-hydrogen) atoms.